The standard InChI is InChI=1S/C28H44N2O8/c31-23-15-17(7-9-19(23)27(35)21-5-1-3-13-29-21)37-25(33)11-12-26(34)38-18-8-10-20(24(32)16-18)28(36)22-6-2-4-14-30-22/h17-24,29-32H,1-16H2. The van der Waals surface area contributed by atoms with Crippen molar-refractivity contribution in [2.45, 2.75) is 126 Å². The number of nitrogens with one attached hydrogen (secondary N) is 2. The van der Waals surface area contributed by atoms with Gasteiger partial charge in [0.25, 0.3) is 0 Å². The van der Waals surface area contributed by atoms with E-state index in [-0.39, 0.29) is 49.3 Å². The Hall–Kier alpha value is -1.88. The smallest absolute Gasteiger partial charge is 0.306 e. The molecule has 4 aliphatic rings. The monoisotopic (exact) mass is 536 g/mol. The number of ether oxygens (including phenoxy) is 2. The first-order chi connectivity index (χ1) is 18.3. The summed E-state index contributed by atoms with van der Waals surface area (Å²) in [5.74, 6) is -1.83. The van der Waals surface area contributed by atoms with Gasteiger partial charge in [0.1, 0.15) is 12.2 Å². The lowest BCUT2D eigenvalue weighted by Gasteiger charge is -2.35. The Bertz CT molecular complexity index is 771. The number of aliphatic hydroxyl groups excluding tert-OH is 2. The highest BCUT2D eigenvalue weighted by atomic mass is 16.6. The molecule has 0 amide bonds. The third kappa shape index (κ3) is 7.83. The number of rotatable bonds is 9. The Morgan fingerprint density at radius 2 is 1.03 bits per heavy atom. The Balaban J connectivity index is 1.12. The van der Waals surface area contributed by atoms with Gasteiger partial charge in [0.05, 0.1) is 37.1 Å². The average Bonchev–Trinajstić information content (AvgIpc) is 2.92. The number of hydrogen-bond donors (Lipinski definition) is 4. The highest BCUT2D eigenvalue weighted by Gasteiger charge is 2.40. The molecule has 38 heavy (non-hydrogen) atoms. The Labute approximate surface area is 224 Å². The van der Waals surface area contributed by atoms with Crippen LogP contribution in [0.15, 0.2) is 0 Å². The van der Waals surface area contributed by atoms with Gasteiger partial charge in [-0.1, -0.05) is 12.8 Å². The summed E-state index contributed by atoms with van der Waals surface area (Å²) < 4.78 is 10.9. The van der Waals surface area contributed by atoms with Crippen LogP contribution in [0.25, 0.3) is 0 Å². The third-order valence-corrected chi connectivity index (χ3v) is 8.70. The van der Waals surface area contributed by atoms with E-state index in [9.17, 15) is 29.4 Å². The largest absolute Gasteiger partial charge is 0.462 e. The van der Waals surface area contributed by atoms with Crippen LogP contribution in [0.2, 0.25) is 0 Å². The molecule has 4 N–H and O–H groups in total. The van der Waals surface area contributed by atoms with Crippen LogP contribution in [0.1, 0.15) is 89.9 Å². The molecule has 4 fully saturated rings. The molecular weight excluding hydrogens is 492 g/mol. The fourth-order valence-electron chi connectivity index (χ4n) is 6.50. The Morgan fingerprint density at radius 1 is 0.605 bits per heavy atom. The minimum Gasteiger partial charge on any atom is -0.462 e. The van der Waals surface area contributed by atoms with Crippen LogP contribution < -0.4 is 10.6 Å². The molecule has 10 heteroatoms. The minimum atomic E-state index is -0.843. The molecule has 8 unspecified atom stereocenters. The van der Waals surface area contributed by atoms with Gasteiger partial charge in [0, 0.05) is 24.7 Å². The summed E-state index contributed by atoms with van der Waals surface area (Å²) in [5.41, 5.74) is 0. The van der Waals surface area contributed by atoms with E-state index in [2.05, 4.69) is 10.6 Å². The first kappa shape index (κ1) is 29.1. The van der Waals surface area contributed by atoms with Crippen molar-refractivity contribution in [2.75, 3.05) is 13.1 Å². The zero-order valence-corrected chi connectivity index (χ0v) is 22.3. The van der Waals surface area contributed by atoms with Crippen molar-refractivity contribution in [3.63, 3.8) is 0 Å². The Morgan fingerprint density at radius 3 is 1.37 bits per heavy atom. The van der Waals surface area contributed by atoms with Gasteiger partial charge < -0.3 is 30.3 Å². The summed E-state index contributed by atoms with van der Waals surface area (Å²) in [6.45, 7) is 1.64. The number of piperidine rings is 2. The van der Waals surface area contributed by atoms with Crippen LogP contribution in [-0.2, 0) is 28.7 Å². The zero-order chi connectivity index (χ0) is 27.1. The quantitative estimate of drug-likeness (QED) is 0.318. The van der Waals surface area contributed by atoms with E-state index in [1.54, 1.807) is 0 Å². The molecule has 0 aromatic carbocycles. The molecule has 2 saturated heterocycles. The molecule has 0 spiro atoms. The summed E-state index contributed by atoms with van der Waals surface area (Å²) >= 11 is 0. The summed E-state index contributed by atoms with van der Waals surface area (Å²) in [6.07, 6.45) is 5.23. The van der Waals surface area contributed by atoms with Gasteiger partial charge in [-0.05, 0) is 64.5 Å². The van der Waals surface area contributed by atoms with E-state index in [0.717, 1.165) is 51.6 Å². The lowest BCUT2D eigenvalue weighted by Crippen LogP contribution is -2.48. The fraction of sp³-hybridized carbons (Fsp3) is 0.857. The molecular formula is C28H44N2O8. The number of carbonyl (C=O) groups is 4. The topological polar surface area (TPSA) is 151 Å². The van der Waals surface area contributed by atoms with Gasteiger partial charge in [-0.25, -0.2) is 0 Å². The molecule has 2 aliphatic heterocycles. The predicted octanol–water partition coefficient (Wildman–Crippen LogP) is 1.33. The first-order valence-electron chi connectivity index (χ1n) is 14.6. The van der Waals surface area contributed by atoms with Crippen molar-refractivity contribution < 1.29 is 38.9 Å². The van der Waals surface area contributed by atoms with E-state index in [1.165, 1.54) is 0 Å². The Kier molecular flexibility index (Phi) is 10.7. The molecule has 4 rings (SSSR count). The molecule has 0 radical (unpaired) electrons. The minimum absolute atomic E-state index is 0.0545. The van der Waals surface area contributed by atoms with E-state index >= 15 is 0 Å². The number of esters is 2. The number of ketones is 2. The van der Waals surface area contributed by atoms with Crippen LogP contribution in [-0.4, -0.2) is 83.3 Å². The molecule has 0 bridgehead atoms. The molecule has 214 valence electrons. The van der Waals surface area contributed by atoms with Crippen molar-refractivity contribution in [1.29, 1.82) is 0 Å². The van der Waals surface area contributed by atoms with Gasteiger partial charge in [0.2, 0.25) is 0 Å². The van der Waals surface area contributed by atoms with E-state index in [1.807, 2.05) is 0 Å². The van der Waals surface area contributed by atoms with E-state index in [0.29, 0.717) is 25.7 Å². The SMILES string of the molecule is O=C(CCC(=O)OC1CCC(C(=O)C2CCCCN2)C(O)C1)OC1CCC(C(=O)C2CCCCN2)C(O)C1. The summed E-state index contributed by atoms with van der Waals surface area (Å²) in [5, 5.41) is 27.6. The molecule has 2 saturated carbocycles. The van der Waals surface area contributed by atoms with Crippen LogP contribution >= 0.6 is 0 Å². The number of carbonyl (C=O) groups excluding carboxylic acids is 4. The lowest BCUT2D eigenvalue weighted by molar-refractivity contribution is -0.161. The number of hydrogen-bond acceptors (Lipinski definition) is 10. The van der Waals surface area contributed by atoms with E-state index < -0.39 is 48.2 Å². The van der Waals surface area contributed by atoms with Gasteiger partial charge in [-0.15, -0.1) is 0 Å². The molecule has 8 atom stereocenters. The van der Waals surface area contributed by atoms with Crippen molar-refractivity contribution in [3.8, 4) is 0 Å². The molecule has 10 nitrogen and oxygen atoms in total. The van der Waals surface area contributed by atoms with Crippen molar-refractivity contribution in [2.24, 2.45) is 11.8 Å². The third-order valence-electron chi connectivity index (χ3n) is 8.70. The second kappa shape index (κ2) is 14.0. The van der Waals surface area contributed by atoms with Gasteiger partial charge in [-0.2, -0.15) is 0 Å². The van der Waals surface area contributed by atoms with E-state index in [4.69, 9.17) is 9.47 Å². The average molecular weight is 537 g/mol. The summed E-state index contributed by atoms with van der Waals surface area (Å²) in [6, 6.07) is -0.391. The van der Waals surface area contributed by atoms with Crippen LogP contribution in [0.3, 0.4) is 0 Å². The molecule has 2 aliphatic carbocycles. The molecule has 0 aromatic rings. The van der Waals surface area contributed by atoms with Crippen molar-refractivity contribution in [3.05, 3.63) is 0 Å². The lowest BCUT2D eigenvalue weighted by atomic mass is 9.79. The number of Topliss-reactive ketones (excluding diaryl/α,β-unsaturated/α-hetero) is 2. The van der Waals surface area contributed by atoms with Crippen molar-refractivity contribution in [1.82, 2.24) is 10.6 Å². The second-order valence-corrected chi connectivity index (χ2v) is 11.5. The molecule has 2 heterocycles. The number of aliphatic hydroxyl groups is 2. The fourth-order valence-corrected chi connectivity index (χ4v) is 6.50. The summed E-state index contributed by atoms with van der Waals surface area (Å²) in [7, 11) is 0. The summed E-state index contributed by atoms with van der Waals surface area (Å²) in [4.78, 5) is 50.2. The highest BCUT2D eigenvalue weighted by molar-refractivity contribution is 5.87. The maximum Gasteiger partial charge on any atom is 0.306 e. The molecule has 0 aromatic heterocycles. The van der Waals surface area contributed by atoms with Crippen LogP contribution in [0, 0.1) is 11.8 Å². The predicted molar refractivity (Wildman–Crippen MR) is 137 cm³/mol. The second-order valence-electron chi connectivity index (χ2n) is 11.5. The van der Waals surface area contributed by atoms with Gasteiger partial charge >= 0.3 is 11.9 Å². The van der Waals surface area contributed by atoms with Gasteiger partial charge in [-0.3, -0.25) is 19.2 Å². The van der Waals surface area contributed by atoms with Crippen LogP contribution in [0.5, 0.6) is 0 Å². The zero-order valence-electron chi connectivity index (χ0n) is 22.3. The van der Waals surface area contributed by atoms with Gasteiger partial charge in [0.15, 0.2) is 11.6 Å². The first-order valence-corrected chi connectivity index (χ1v) is 14.6. The normalized spacial score (nSPS) is 36.2. The van der Waals surface area contributed by atoms with Crippen molar-refractivity contribution >= 4 is 23.5 Å². The highest BCUT2D eigenvalue weighted by Crippen LogP contribution is 2.31. The van der Waals surface area contributed by atoms with Crippen LogP contribution in [0.4, 0.5) is 0 Å². The maximum absolute atomic E-state index is 12.8. The maximum atomic E-state index is 12.8.